The number of hydrogen-bond donors (Lipinski definition) is 0. The van der Waals surface area contributed by atoms with Crippen molar-refractivity contribution in [2.45, 2.75) is 6.18 Å². The van der Waals surface area contributed by atoms with Gasteiger partial charge < -0.3 is 4.42 Å². The van der Waals surface area contributed by atoms with Crippen LogP contribution < -0.4 is 4.90 Å². The third-order valence-corrected chi connectivity index (χ3v) is 2.97. The van der Waals surface area contributed by atoms with E-state index >= 15 is 0 Å². The molecule has 1 aromatic heterocycles. The lowest BCUT2D eigenvalue weighted by atomic mass is 10.1. The Bertz CT molecular complexity index is 740. The van der Waals surface area contributed by atoms with E-state index in [9.17, 15) is 18.0 Å². The zero-order valence-corrected chi connectivity index (χ0v) is 10.0. The smallest absolute Gasteiger partial charge is 0.464 e. The first-order valence-corrected chi connectivity index (χ1v) is 5.74. The van der Waals surface area contributed by atoms with Gasteiger partial charge >= 0.3 is 12.1 Å². The molecule has 2 heterocycles. The van der Waals surface area contributed by atoms with Crippen LogP contribution in [0.4, 0.5) is 18.9 Å². The van der Waals surface area contributed by atoms with Crippen molar-refractivity contribution in [2.24, 2.45) is 0 Å². The molecule has 6 heteroatoms. The van der Waals surface area contributed by atoms with E-state index in [0.29, 0.717) is 16.0 Å². The third kappa shape index (κ3) is 1.89. The number of carbonyl (C=O) groups is 1. The van der Waals surface area contributed by atoms with E-state index in [2.05, 4.69) is 0 Å². The number of halogens is 3. The summed E-state index contributed by atoms with van der Waals surface area (Å²) in [5.41, 5.74) is 1.03. The Morgan fingerprint density at radius 3 is 2.70 bits per heavy atom. The summed E-state index contributed by atoms with van der Waals surface area (Å²) in [4.78, 5) is 12.1. The Morgan fingerprint density at radius 2 is 1.95 bits per heavy atom. The molecule has 0 saturated carbocycles. The van der Waals surface area contributed by atoms with Gasteiger partial charge in [-0.15, -0.1) is 0 Å². The van der Waals surface area contributed by atoms with Crippen LogP contribution in [0.1, 0.15) is 5.56 Å². The second-order valence-corrected chi connectivity index (χ2v) is 4.21. The molecule has 0 spiro atoms. The zero-order chi connectivity index (χ0) is 14.3. The molecule has 1 amide bonds. The van der Waals surface area contributed by atoms with Gasteiger partial charge in [0.1, 0.15) is 5.58 Å². The summed E-state index contributed by atoms with van der Waals surface area (Å²) in [6.45, 7) is 0. The third-order valence-electron chi connectivity index (χ3n) is 2.97. The summed E-state index contributed by atoms with van der Waals surface area (Å²) >= 11 is 0. The largest absolute Gasteiger partial charge is 0.472 e. The normalized spacial score (nSPS) is 14.4. The molecule has 0 atom stereocenters. The molecule has 0 radical (unpaired) electrons. The Kier molecular flexibility index (Phi) is 2.67. The van der Waals surface area contributed by atoms with Crippen LogP contribution in [-0.2, 0) is 4.79 Å². The lowest BCUT2D eigenvalue weighted by molar-refractivity contribution is -0.169. The fraction of sp³-hybridized carbons (Fsp3) is 0.0714. The van der Waals surface area contributed by atoms with Gasteiger partial charge in [-0.05, 0) is 30.4 Å². The Labute approximate surface area is 111 Å². The number of amides is 1. The summed E-state index contributed by atoms with van der Waals surface area (Å²) < 4.78 is 43.2. The number of anilines is 1. The van der Waals surface area contributed by atoms with E-state index in [0.717, 1.165) is 11.6 Å². The van der Waals surface area contributed by atoms with Gasteiger partial charge in [-0.3, -0.25) is 9.69 Å². The number of nitrogens with zero attached hydrogens (tertiary/aromatic N) is 1. The van der Waals surface area contributed by atoms with Crippen LogP contribution in [0.2, 0.25) is 0 Å². The molecule has 1 aliphatic rings. The Hall–Kier alpha value is -2.50. The zero-order valence-electron chi connectivity index (χ0n) is 10.0. The van der Waals surface area contributed by atoms with Crippen molar-refractivity contribution in [1.82, 2.24) is 0 Å². The summed E-state index contributed by atoms with van der Waals surface area (Å²) in [5, 5.41) is 0.759. The van der Waals surface area contributed by atoms with Crippen molar-refractivity contribution in [3.63, 3.8) is 0 Å². The second-order valence-electron chi connectivity index (χ2n) is 4.21. The van der Waals surface area contributed by atoms with Gasteiger partial charge in [0.15, 0.2) is 0 Å². The van der Waals surface area contributed by atoms with E-state index in [1.807, 2.05) is 0 Å². The lowest BCUT2D eigenvalue weighted by Crippen LogP contribution is -2.38. The minimum absolute atomic E-state index is 0.139. The monoisotopic (exact) mass is 279 g/mol. The van der Waals surface area contributed by atoms with Crippen LogP contribution >= 0.6 is 0 Å². The topological polar surface area (TPSA) is 33.5 Å². The summed E-state index contributed by atoms with van der Waals surface area (Å²) in [6, 6.07) is 4.79. The van der Waals surface area contributed by atoms with Crippen molar-refractivity contribution in [2.75, 3.05) is 4.90 Å². The average Bonchev–Trinajstić information content (AvgIpc) is 2.76. The van der Waals surface area contributed by atoms with Gasteiger partial charge in [-0.2, -0.15) is 13.2 Å². The van der Waals surface area contributed by atoms with Gasteiger partial charge in [0.25, 0.3) is 0 Å². The number of allylic oxidation sites excluding steroid dienone is 2. The second kappa shape index (κ2) is 4.26. The van der Waals surface area contributed by atoms with Crippen molar-refractivity contribution in [3.8, 4) is 0 Å². The Balaban J connectivity index is 2.21. The fourth-order valence-corrected chi connectivity index (χ4v) is 2.10. The lowest BCUT2D eigenvalue weighted by Gasteiger charge is -2.21. The maximum atomic E-state index is 12.6. The molecule has 2 aromatic rings. The van der Waals surface area contributed by atoms with E-state index in [1.165, 1.54) is 18.4 Å². The number of rotatable bonds is 0. The summed E-state index contributed by atoms with van der Waals surface area (Å²) in [7, 11) is 0. The van der Waals surface area contributed by atoms with Crippen molar-refractivity contribution in [1.29, 1.82) is 0 Å². The van der Waals surface area contributed by atoms with Crippen molar-refractivity contribution in [3.05, 3.63) is 48.4 Å². The molecular formula is C14H8F3NO2. The first-order chi connectivity index (χ1) is 9.48. The molecule has 0 saturated heterocycles. The summed E-state index contributed by atoms with van der Waals surface area (Å²) in [6.07, 6.45) is 2.15. The van der Waals surface area contributed by atoms with Gasteiger partial charge in [-0.1, -0.05) is 6.08 Å². The molecule has 20 heavy (non-hydrogen) atoms. The Morgan fingerprint density at radius 1 is 1.15 bits per heavy atom. The fourth-order valence-electron chi connectivity index (χ4n) is 2.10. The van der Waals surface area contributed by atoms with Crippen LogP contribution in [-0.4, -0.2) is 12.1 Å². The van der Waals surface area contributed by atoms with Gasteiger partial charge in [-0.25, -0.2) is 0 Å². The maximum Gasteiger partial charge on any atom is 0.472 e. The highest BCUT2D eigenvalue weighted by Crippen LogP contribution is 2.34. The van der Waals surface area contributed by atoms with E-state index < -0.39 is 12.1 Å². The minimum Gasteiger partial charge on any atom is -0.464 e. The van der Waals surface area contributed by atoms with Gasteiger partial charge in [0, 0.05) is 17.1 Å². The predicted molar refractivity (Wildman–Crippen MR) is 67.9 cm³/mol. The van der Waals surface area contributed by atoms with Gasteiger partial charge in [0.05, 0.1) is 12.0 Å². The molecule has 3 nitrogen and oxygen atoms in total. The molecule has 0 aliphatic carbocycles. The highest BCUT2D eigenvalue weighted by atomic mass is 19.4. The number of hydrogen-bond acceptors (Lipinski definition) is 2. The van der Waals surface area contributed by atoms with Crippen LogP contribution in [0.25, 0.3) is 17.0 Å². The number of fused-ring (bicyclic) bond motifs is 3. The van der Waals surface area contributed by atoms with E-state index in [4.69, 9.17) is 4.42 Å². The quantitative estimate of drug-likeness (QED) is 0.733. The number of alkyl halides is 3. The molecule has 1 aromatic carbocycles. The molecule has 0 N–H and O–H groups in total. The highest BCUT2D eigenvalue weighted by molar-refractivity contribution is 6.04. The molecule has 3 rings (SSSR count). The molecule has 0 fully saturated rings. The molecule has 0 unspecified atom stereocenters. The number of furan rings is 1. The van der Waals surface area contributed by atoms with Crippen molar-refractivity contribution < 1.29 is 22.4 Å². The van der Waals surface area contributed by atoms with Crippen LogP contribution in [0.15, 0.2) is 47.2 Å². The van der Waals surface area contributed by atoms with E-state index in [1.54, 1.807) is 24.3 Å². The molecule has 1 aliphatic heterocycles. The van der Waals surface area contributed by atoms with Crippen LogP contribution in [0, 0.1) is 0 Å². The SMILES string of the molecule is O=C(N1C=CC=Cc2c1ccc1ccoc21)C(F)(F)F. The van der Waals surface area contributed by atoms with Crippen molar-refractivity contribution >= 4 is 28.6 Å². The minimum atomic E-state index is -4.94. The van der Waals surface area contributed by atoms with Crippen LogP contribution in [0.5, 0.6) is 0 Å². The molecule has 0 bridgehead atoms. The highest BCUT2D eigenvalue weighted by Gasteiger charge is 2.43. The average molecular weight is 279 g/mol. The summed E-state index contributed by atoms with van der Waals surface area (Å²) in [5.74, 6) is -1.94. The standard InChI is InChI=1S/C14H8F3NO2/c15-14(16,17)13(19)18-7-2-1-3-10-11(18)5-4-9-6-8-20-12(9)10/h1-8H. The number of carbonyl (C=O) groups excluding carboxylic acids is 1. The molecule has 102 valence electrons. The number of benzene rings is 1. The first kappa shape index (κ1) is 12.5. The predicted octanol–water partition coefficient (Wildman–Crippen LogP) is 3.87. The molecular weight excluding hydrogens is 271 g/mol. The van der Waals surface area contributed by atoms with Crippen LogP contribution in [0.3, 0.4) is 0 Å². The first-order valence-electron chi connectivity index (χ1n) is 5.74. The van der Waals surface area contributed by atoms with E-state index in [-0.39, 0.29) is 5.69 Å². The maximum absolute atomic E-state index is 12.6. The van der Waals surface area contributed by atoms with Gasteiger partial charge in [0.2, 0.25) is 0 Å².